The van der Waals surface area contributed by atoms with Crippen molar-refractivity contribution < 1.29 is 10.0 Å². The molecule has 0 saturated heterocycles. The van der Waals surface area contributed by atoms with E-state index in [0.717, 1.165) is 0 Å². The molecule has 0 fully saturated rings. The summed E-state index contributed by atoms with van der Waals surface area (Å²) in [4.78, 5) is 11.7. The summed E-state index contributed by atoms with van der Waals surface area (Å²) in [6, 6.07) is 0. The molecule has 0 spiro atoms. The Bertz CT molecular complexity index is 398. The van der Waals surface area contributed by atoms with Gasteiger partial charge in [0.15, 0.2) is 5.84 Å². The number of oxime groups is 1. The predicted molar refractivity (Wildman–Crippen MR) is 59.0 cm³/mol. The van der Waals surface area contributed by atoms with Gasteiger partial charge >= 0.3 is 0 Å². The van der Waals surface area contributed by atoms with Crippen LogP contribution in [0.3, 0.4) is 0 Å². The monoisotopic (exact) mass is 225 g/mol. The number of nitrogens with two attached hydrogens (primary N) is 1. The zero-order chi connectivity index (χ0) is 12.1. The number of nitrogens with one attached hydrogen (secondary N) is 1. The molecule has 0 aliphatic rings. The number of aromatic nitrogens is 2. The molecule has 1 aromatic heterocycles. The summed E-state index contributed by atoms with van der Waals surface area (Å²) in [5.74, 6) is -1.04. The van der Waals surface area contributed by atoms with Crippen LogP contribution in [0.25, 0.3) is 0 Å². The van der Waals surface area contributed by atoms with Gasteiger partial charge in [0, 0.05) is 13.2 Å². The van der Waals surface area contributed by atoms with Crippen molar-refractivity contribution in [1.29, 1.82) is 0 Å². The van der Waals surface area contributed by atoms with Gasteiger partial charge in [-0.25, -0.2) is 0 Å². The van der Waals surface area contributed by atoms with Crippen molar-refractivity contribution in [3.63, 3.8) is 0 Å². The highest BCUT2D eigenvalue weighted by molar-refractivity contribution is 6.07. The molecule has 1 amide bonds. The molecule has 4 N–H and O–H groups in total. The minimum Gasteiger partial charge on any atom is -0.409 e. The van der Waals surface area contributed by atoms with E-state index < -0.39 is 5.92 Å². The topological polar surface area (TPSA) is 106 Å². The van der Waals surface area contributed by atoms with Gasteiger partial charge in [0.1, 0.15) is 0 Å². The third-order valence-corrected chi connectivity index (χ3v) is 2.17. The minimum absolute atomic E-state index is 0.0936. The highest BCUT2D eigenvalue weighted by Crippen LogP contribution is 2.09. The zero-order valence-corrected chi connectivity index (χ0v) is 9.21. The number of aryl methyl sites for hydroxylation is 1. The van der Waals surface area contributed by atoms with Crippen LogP contribution in [0.5, 0.6) is 0 Å². The second kappa shape index (κ2) is 5.15. The Labute approximate surface area is 92.9 Å². The third-order valence-electron chi connectivity index (χ3n) is 2.17. The van der Waals surface area contributed by atoms with Crippen LogP contribution >= 0.6 is 0 Å². The van der Waals surface area contributed by atoms with Crippen molar-refractivity contribution in [1.82, 2.24) is 9.78 Å². The molecule has 7 heteroatoms. The maximum absolute atomic E-state index is 11.7. The van der Waals surface area contributed by atoms with E-state index in [2.05, 4.69) is 15.6 Å². The Morgan fingerprint density at radius 1 is 1.81 bits per heavy atom. The molecule has 0 aliphatic heterocycles. The van der Waals surface area contributed by atoms with Crippen molar-refractivity contribution in [2.45, 2.75) is 13.3 Å². The van der Waals surface area contributed by atoms with Crippen LogP contribution in [0, 0.1) is 5.92 Å². The van der Waals surface area contributed by atoms with E-state index in [1.807, 2.05) is 0 Å². The lowest BCUT2D eigenvalue weighted by atomic mass is 10.0. The first-order valence-electron chi connectivity index (χ1n) is 4.85. The summed E-state index contributed by atoms with van der Waals surface area (Å²) in [5.41, 5.74) is 5.99. The molecule has 88 valence electrons. The van der Waals surface area contributed by atoms with Crippen molar-refractivity contribution in [3.8, 4) is 0 Å². The molecule has 0 aliphatic carbocycles. The number of amidine groups is 1. The summed E-state index contributed by atoms with van der Waals surface area (Å²) >= 11 is 0. The molecule has 0 saturated carbocycles. The third kappa shape index (κ3) is 2.72. The van der Waals surface area contributed by atoms with E-state index in [1.165, 1.54) is 6.20 Å². The zero-order valence-electron chi connectivity index (χ0n) is 9.21. The fourth-order valence-corrected chi connectivity index (χ4v) is 1.31. The van der Waals surface area contributed by atoms with Crippen LogP contribution in [0.2, 0.25) is 0 Å². The average molecular weight is 225 g/mol. The predicted octanol–water partition coefficient (Wildman–Crippen LogP) is 0.131. The van der Waals surface area contributed by atoms with Crippen LogP contribution in [-0.2, 0) is 11.8 Å². The Balaban J connectivity index is 2.70. The lowest BCUT2D eigenvalue weighted by Gasteiger charge is -2.11. The molecule has 1 atom stereocenters. The highest BCUT2D eigenvalue weighted by Gasteiger charge is 2.21. The number of rotatable bonds is 4. The highest BCUT2D eigenvalue weighted by atomic mass is 16.4. The van der Waals surface area contributed by atoms with Gasteiger partial charge in [-0.05, 0) is 6.42 Å². The normalized spacial score (nSPS) is 13.5. The largest absolute Gasteiger partial charge is 0.409 e. The molecule has 1 aromatic rings. The number of amides is 1. The SMILES string of the molecule is CCC(C(=O)Nc1cnn(C)c1)C(N)=NO. The number of carbonyl (C=O) groups is 1. The van der Waals surface area contributed by atoms with Gasteiger partial charge in [0.25, 0.3) is 0 Å². The molecule has 0 aromatic carbocycles. The molecule has 1 heterocycles. The van der Waals surface area contributed by atoms with E-state index in [4.69, 9.17) is 10.9 Å². The lowest BCUT2D eigenvalue weighted by molar-refractivity contribution is -0.118. The second-order valence-corrected chi connectivity index (χ2v) is 3.38. The maximum Gasteiger partial charge on any atom is 0.235 e. The molecule has 1 unspecified atom stereocenters. The first-order chi connectivity index (χ1) is 7.58. The molecule has 0 bridgehead atoms. The minimum atomic E-state index is -0.634. The Morgan fingerprint density at radius 2 is 2.50 bits per heavy atom. The lowest BCUT2D eigenvalue weighted by Crippen LogP contribution is -2.34. The van der Waals surface area contributed by atoms with Crippen LogP contribution in [-0.4, -0.2) is 26.7 Å². The Morgan fingerprint density at radius 3 is 2.94 bits per heavy atom. The number of hydrogen-bond acceptors (Lipinski definition) is 4. The molecular weight excluding hydrogens is 210 g/mol. The summed E-state index contributed by atoms with van der Waals surface area (Å²) in [6.45, 7) is 1.78. The van der Waals surface area contributed by atoms with Gasteiger partial charge in [-0.2, -0.15) is 5.10 Å². The van der Waals surface area contributed by atoms with Gasteiger partial charge < -0.3 is 16.3 Å². The quantitative estimate of drug-likeness (QED) is 0.293. The Kier molecular flexibility index (Phi) is 3.87. The maximum atomic E-state index is 11.7. The van der Waals surface area contributed by atoms with Crippen molar-refractivity contribution in [2.75, 3.05) is 5.32 Å². The van der Waals surface area contributed by atoms with Crippen LogP contribution in [0.15, 0.2) is 17.5 Å². The smallest absolute Gasteiger partial charge is 0.235 e. The number of hydrogen-bond donors (Lipinski definition) is 3. The second-order valence-electron chi connectivity index (χ2n) is 3.38. The first kappa shape index (κ1) is 12.0. The number of anilines is 1. The van der Waals surface area contributed by atoms with Gasteiger partial charge in [-0.3, -0.25) is 9.48 Å². The van der Waals surface area contributed by atoms with Gasteiger partial charge in [-0.1, -0.05) is 12.1 Å². The van der Waals surface area contributed by atoms with Gasteiger partial charge in [-0.15, -0.1) is 0 Å². The first-order valence-corrected chi connectivity index (χ1v) is 4.85. The fraction of sp³-hybridized carbons (Fsp3) is 0.444. The van der Waals surface area contributed by atoms with E-state index in [-0.39, 0.29) is 11.7 Å². The summed E-state index contributed by atoms with van der Waals surface area (Å²) < 4.78 is 1.57. The Hall–Kier alpha value is -2.05. The summed E-state index contributed by atoms with van der Waals surface area (Å²) in [6.07, 6.45) is 3.65. The number of carbonyl (C=O) groups excluding carboxylic acids is 1. The van der Waals surface area contributed by atoms with E-state index in [1.54, 1.807) is 24.9 Å². The number of nitrogens with zero attached hydrogens (tertiary/aromatic N) is 3. The molecule has 7 nitrogen and oxygen atoms in total. The van der Waals surface area contributed by atoms with Crippen molar-refractivity contribution in [3.05, 3.63) is 12.4 Å². The summed E-state index contributed by atoms with van der Waals surface area (Å²) in [5, 5.41) is 17.9. The van der Waals surface area contributed by atoms with E-state index >= 15 is 0 Å². The molecule has 0 radical (unpaired) electrons. The fourth-order valence-electron chi connectivity index (χ4n) is 1.31. The summed E-state index contributed by atoms with van der Waals surface area (Å²) in [7, 11) is 1.75. The van der Waals surface area contributed by atoms with Crippen LogP contribution in [0.4, 0.5) is 5.69 Å². The van der Waals surface area contributed by atoms with E-state index in [0.29, 0.717) is 12.1 Å². The van der Waals surface area contributed by atoms with Crippen LogP contribution < -0.4 is 11.1 Å². The molecular formula is C9H15N5O2. The standard InChI is InChI=1S/C9H15N5O2/c1-3-7(8(10)13-16)9(15)12-6-4-11-14(2)5-6/h4-5,7,16H,3H2,1-2H3,(H2,10,13)(H,12,15). The molecule has 16 heavy (non-hydrogen) atoms. The van der Waals surface area contributed by atoms with Gasteiger partial charge in [0.2, 0.25) is 5.91 Å². The average Bonchev–Trinajstić information content (AvgIpc) is 2.64. The van der Waals surface area contributed by atoms with Crippen molar-refractivity contribution in [2.24, 2.45) is 23.9 Å². The van der Waals surface area contributed by atoms with E-state index in [9.17, 15) is 4.79 Å². The molecule has 1 rings (SSSR count). The van der Waals surface area contributed by atoms with Gasteiger partial charge in [0.05, 0.1) is 17.8 Å². The van der Waals surface area contributed by atoms with Crippen LogP contribution in [0.1, 0.15) is 13.3 Å². The van der Waals surface area contributed by atoms with Crippen molar-refractivity contribution >= 4 is 17.4 Å².